The number of nitrogens with zero attached hydrogens (tertiary/aromatic N) is 1. The standard InChI is InChI=1S/C15H18ClF3N2O/c16-13-4-2-1-3-12(13)8-20-14(22)10-21-6-5-11(9-21)7-15(17,18)19/h1-4,11H,5-10H2,(H,20,22). The van der Waals surface area contributed by atoms with E-state index in [4.69, 9.17) is 11.6 Å². The molecule has 1 N–H and O–H groups in total. The molecule has 1 aliphatic heterocycles. The Morgan fingerprint density at radius 3 is 2.77 bits per heavy atom. The first kappa shape index (κ1) is 17.1. The Labute approximate surface area is 132 Å². The van der Waals surface area contributed by atoms with Gasteiger partial charge in [-0.1, -0.05) is 29.8 Å². The highest BCUT2D eigenvalue weighted by molar-refractivity contribution is 6.31. The number of likely N-dealkylation sites (tertiary alicyclic amines) is 1. The van der Waals surface area contributed by atoms with Crippen LogP contribution >= 0.6 is 11.6 Å². The normalized spacial score (nSPS) is 19.4. The van der Waals surface area contributed by atoms with Crippen LogP contribution in [0.25, 0.3) is 0 Å². The maximum atomic E-state index is 12.3. The molecular formula is C15H18ClF3N2O. The first-order valence-electron chi connectivity index (χ1n) is 7.13. The summed E-state index contributed by atoms with van der Waals surface area (Å²) in [5, 5.41) is 3.32. The summed E-state index contributed by atoms with van der Waals surface area (Å²) in [7, 11) is 0. The molecule has 1 atom stereocenters. The predicted molar refractivity (Wildman–Crippen MR) is 78.5 cm³/mol. The molecule has 22 heavy (non-hydrogen) atoms. The van der Waals surface area contributed by atoms with Crippen LogP contribution in [0.2, 0.25) is 5.02 Å². The van der Waals surface area contributed by atoms with Gasteiger partial charge in [0.05, 0.1) is 6.54 Å². The van der Waals surface area contributed by atoms with Crippen LogP contribution in [0.4, 0.5) is 13.2 Å². The van der Waals surface area contributed by atoms with E-state index in [1.807, 2.05) is 12.1 Å². The highest BCUT2D eigenvalue weighted by Crippen LogP contribution is 2.30. The van der Waals surface area contributed by atoms with Gasteiger partial charge in [0.25, 0.3) is 0 Å². The first-order chi connectivity index (χ1) is 10.3. The average molecular weight is 335 g/mol. The van der Waals surface area contributed by atoms with Gasteiger partial charge in [0, 0.05) is 24.5 Å². The summed E-state index contributed by atoms with van der Waals surface area (Å²) in [6, 6.07) is 7.19. The van der Waals surface area contributed by atoms with E-state index in [1.54, 1.807) is 17.0 Å². The smallest absolute Gasteiger partial charge is 0.351 e. The molecule has 0 aliphatic carbocycles. The van der Waals surface area contributed by atoms with E-state index in [2.05, 4.69) is 5.32 Å². The van der Waals surface area contributed by atoms with Crippen LogP contribution in [0.15, 0.2) is 24.3 Å². The summed E-state index contributed by atoms with van der Waals surface area (Å²) in [4.78, 5) is 13.6. The van der Waals surface area contributed by atoms with E-state index in [1.165, 1.54) is 0 Å². The van der Waals surface area contributed by atoms with Gasteiger partial charge in [0.1, 0.15) is 0 Å². The summed E-state index contributed by atoms with van der Waals surface area (Å²) in [5.74, 6) is -0.607. The fourth-order valence-electron chi connectivity index (χ4n) is 2.64. The Hall–Kier alpha value is -1.27. The minimum Gasteiger partial charge on any atom is -0.351 e. The van der Waals surface area contributed by atoms with E-state index in [-0.39, 0.29) is 12.5 Å². The molecule has 2 rings (SSSR count). The van der Waals surface area contributed by atoms with Crippen LogP contribution in [-0.4, -0.2) is 36.6 Å². The van der Waals surface area contributed by atoms with Crippen LogP contribution in [0.1, 0.15) is 18.4 Å². The van der Waals surface area contributed by atoms with E-state index in [0.29, 0.717) is 31.1 Å². The molecule has 1 aromatic rings. The van der Waals surface area contributed by atoms with E-state index < -0.39 is 18.5 Å². The van der Waals surface area contributed by atoms with Crippen LogP contribution in [0, 0.1) is 5.92 Å². The molecule has 1 heterocycles. The van der Waals surface area contributed by atoms with E-state index >= 15 is 0 Å². The highest BCUT2D eigenvalue weighted by atomic mass is 35.5. The Morgan fingerprint density at radius 2 is 2.09 bits per heavy atom. The van der Waals surface area contributed by atoms with E-state index in [0.717, 1.165) is 5.56 Å². The minimum atomic E-state index is -4.13. The van der Waals surface area contributed by atoms with Gasteiger partial charge < -0.3 is 5.32 Å². The third-order valence-corrected chi connectivity index (χ3v) is 4.06. The van der Waals surface area contributed by atoms with Crippen molar-refractivity contribution in [2.45, 2.75) is 25.6 Å². The second-order valence-electron chi connectivity index (χ2n) is 5.58. The minimum absolute atomic E-state index is 0.124. The Bertz CT molecular complexity index is 522. The molecule has 7 heteroatoms. The zero-order valence-electron chi connectivity index (χ0n) is 12.0. The monoisotopic (exact) mass is 334 g/mol. The van der Waals surface area contributed by atoms with Crippen LogP contribution in [0.5, 0.6) is 0 Å². The molecule has 122 valence electrons. The topological polar surface area (TPSA) is 32.3 Å². The lowest BCUT2D eigenvalue weighted by molar-refractivity contribution is -0.143. The van der Waals surface area contributed by atoms with Crippen molar-refractivity contribution in [2.75, 3.05) is 19.6 Å². The number of alkyl halides is 3. The number of nitrogens with one attached hydrogen (secondary N) is 1. The van der Waals surface area contributed by atoms with Crippen molar-refractivity contribution in [2.24, 2.45) is 5.92 Å². The molecule has 3 nitrogen and oxygen atoms in total. The van der Waals surface area contributed by atoms with Crippen molar-refractivity contribution in [3.8, 4) is 0 Å². The SMILES string of the molecule is O=C(CN1CCC(CC(F)(F)F)C1)NCc1ccccc1Cl. The first-order valence-corrected chi connectivity index (χ1v) is 7.50. The average Bonchev–Trinajstić information content (AvgIpc) is 2.82. The summed E-state index contributed by atoms with van der Waals surface area (Å²) < 4.78 is 37.0. The van der Waals surface area contributed by atoms with Crippen molar-refractivity contribution in [1.82, 2.24) is 10.2 Å². The number of carbonyl (C=O) groups is 1. The highest BCUT2D eigenvalue weighted by Gasteiger charge is 2.35. The van der Waals surface area contributed by atoms with Crippen LogP contribution < -0.4 is 5.32 Å². The molecule has 0 aromatic heterocycles. The summed E-state index contributed by atoms with van der Waals surface area (Å²) >= 11 is 5.99. The molecule has 1 aliphatic rings. The zero-order chi connectivity index (χ0) is 16.2. The lowest BCUT2D eigenvalue weighted by Crippen LogP contribution is -2.36. The van der Waals surface area contributed by atoms with Crippen molar-refractivity contribution >= 4 is 17.5 Å². The fraction of sp³-hybridized carbons (Fsp3) is 0.533. The summed E-state index contributed by atoms with van der Waals surface area (Å²) in [5.41, 5.74) is 0.814. The number of amides is 1. The molecule has 0 spiro atoms. The van der Waals surface area contributed by atoms with Gasteiger partial charge in [-0.3, -0.25) is 9.69 Å². The second kappa shape index (κ2) is 7.33. The third-order valence-electron chi connectivity index (χ3n) is 3.69. The van der Waals surface area contributed by atoms with Gasteiger partial charge >= 0.3 is 6.18 Å². The largest absolute Gasteiger partial charge is 0.389 e. The van der Waals surface area contributed by atoms with Gasteiger partial charge in [-0.2, -0.15) is 13.2 Å². The van der Waals surface area contributed by atoms with Crippen molar-refractivity contribution in [1.29, 1.82) is 0 Å². The maximum absolute atomic E-state index is 12.3. The summed E-state index contributed by atoms with van der Waals surface area (Å²) in [6.07, 6.45) is -4.42. The number of rotatable bonds is 5. The number of hydrogen-bond acceptors (Lipinski definition) is 2. The number of halogens is 4. The molecular weight excluding hydrogens is 317 g/mol. The van der Waals surface area contributed by atoms with Crippen LogP contribution in [0.3, 0.4) is 0 Å². The van der Waals surface area contributed by atoms with Gasteiger partial charge in [-0.25, -0.2) is 0 Å². The number of hydrogen-bond donors (Lipinski definition) is 1. The molecule has 1 amide bonds. The second-order valence-corrected chi connectivity index (χ2v) is 5.98. The third kappa shape index (κ3) is 5.50. The molecule has 1 fully saturated rings. The van der Waals surface area contributed by atoms with Gasteiger partial charge in [0.2, 0.25) is 5.91 Å². The Kier molecular flexibility index (Phi) is 5.69. The predicted octanol–water partition coefficient (Wildman–Crippen LogP) is 3.23. The number of benzene rings is 1. The molecule has 1 aromatic carbocycles. The number of carbonyl (C=O) groups excluding carboxylic acids is 1. The van der Waals surface area contributed by atoms with Crippen LogP contribution in [-0.2, 0) is 11.3 Å². The Morgan fingerprint density at radius 1 is 1.36 bits per heavy atom. The van der Waals surface area contributed by atoms with E-state index in [9.17, 15) is 18.0 Å². The molecule has 0 radical (unpaired) electrons. The quantitative estimate of drug-likeness (QED) is 0.896. The zero-order valence-corrected chi connectivity index (χ0v) is 12.8. The van der Waals surface area contributed by atoms with Crippen molar-refractivity contribution < 1.29 is 18.0 Å². The lowest BCUT2D eigenvalue weighted by Gasteiger charge is -2.16. The van der Waals surface area contributed by atoms with Crippen molar-refractivity contribution in [3.05, 3.63) is 34.9 Å². The summed E-state index contributed by atoms with van der Waals surface area (Å²) in [6.45, 7) is 1.29. The van der Waals surface area contributed by atoms with Gasteiger partial charge in [-0.05, 0) is 30.5 Å². The molecule has 1 unspecified atom stereocenters. The van der Waals surface area contributed by atoms with Gasteiger partial charge in [0.15, 0.2) is 0 Å². The molecule has 1 saturated heterocycles. The molecule has 0 saturated carbocycles. The molecule has 0 bridgehead atoms. The fourth-order valence-corrected chi connectivity index (χ4v) is 2.85. The lowest BCUT2D eigenvalue weighted by atomic mass is 10.1. The maximum Gasteiger partial charge on any atom is 0.389 e. The Balaban J connectivity index is 1.73. The van der Waals surface area contributed by atoms with Crippen molar-refractivity contribution in [3.63, 3.8) is 0 Å². The van der Waals surface area contributed by atoms with Gasteiger partial charge in [-0.15, -0.1) is 0 Å².